The lowest BCUT2D eigenvalue weighted by atomic mass is 9.78. The summed E-state index contributed by atoms with van der Waals surface area (Å²) >= 11 is 0. The summed E-state index contributed by atoms with van der Waals surface area (Å²) in [5.41, 5.74) is 1.99. The van der Waals surface area contributed by atoms with Crippen molar-refractivity contribution in [1.82, 2.24) is 4.98 Å². The second-order valence-electron chi connectivity index (χ2n) is 8.58. The molecule has 0 fully saturated rings. The molecule has 5 heteroatoms. The van der Waals surface area contributed by atoms with Gasteiger partial charge < -0.3 is 9.15 Å². The van der Waals surface area contributed by atoms with Crippen molar-refractivity contribution in [2.24, 2.45) is 0 Å². The Kier molecular flexibility index (Phi) is 5.85. The molecule has 1 unspecified atom stereocenters. The molecular weight excluding hydrogens is 436 g/mol. The zero-order chi connectivity index (χ0) is 24.4. The maximum atomic E-state index is 13.4. The summed E-state index contributed by atoms with van der Waals surface area (Å²) in [5.74, 6) is 6.75. The first-order valence-corrected chi connectivity index (χ1v) is 11.9. The van der Waals surface area contributed by atoms with Crippen molar-refractivity contribution in [3.8, 4) is 34.9 Å². The quantitative estimate of drug-likeness (QED) is 0.194. The van der Waals surface area contributed by atoms with Gasteiger partial charge in [-0.05, 0) is 43.2 Å². The minimum atomic E-state index is -1.12. The van der Waals surface area contributed by atoms with E-state index in [0.717, 1.165) is 24.8 Å². The molecule has 0 spiro atoms. The number of aromatic nitrogens is 1. The van der Waals surface area contributed by atoms with Crippen molar-refractivity contribution in [3.63, 3.8) is 0 Å². The van der Waals surface area contributed by atoms with E-state index >= 15 is 0 Å². The highest BCUT2D eigenvalue weighted by Gasteiger charge is 2.45. The predicted molar refractivity (Wildman–Crippen MR) is 137 cm³/mol. The number of pyridine rings is 1. The van der Waals surface area contributed by atoms with Crippen molar-refractivity contribution in [2.45, 2.75) is 45.1 Å². The van der Waals surface area contributed by atoms with Gasteiger partial charge in [0.25, 0.3) is 0 Å². The van der Waals surface area contributed by atoms with Crippen LogP contribution in [0.5, 0.6) is 5.75 Å². The van der Waals surface area contributed by atoms with Crippen LogP contribution in [-0.4, -0.2) is 4.98 Å². The van der Waals surface area contributed by atoms with Crippen LogP contribution < -0.4 is 10.2 Å². The molecule has 0 saturated heterocycles. The van der Waals surface area contributed by atoms with Gasteiger partial charge in [0.15, 0.2) is 5.60 Å². The molecule has 0 bridgehead atoms. The highest BCUT2D eigenvalue weighted by atomic mass is 16.5. The Balaban J connectivity index is 1.87. The number of rotatable bonds is 4. The number of hydrogen-bond acceptors (Lipinski definition) is 5. The van der Waals surface area contributed by atoms with Gasteiger partial charge in [0, 0.05) is 23.6 Å². The first-order chi connectivity index (χ1) is 17.1. The standard InChI is InChI=1S/C30H24N2O3/c1-3-5-6-7-12-20(19-31)30(17-4-2)24-18-23-28(33)22-14-9-10-15-25(22)34-29(23)32-27(24)21-13-8-11-16-26(21)35-30/h8-16,18H,3-5,17H2,1-2H3/b20-12+. The second-order valence-corrected chi connectivity index (χ2v) is 8.58. The molecular formula is C30H24N2O3. The van der Waals surface area contributed by atoms with E-state index in [1.807, 2.05) is 43.3 Å². The van der Waals surface area contributed by atoms with Crippen LogP contribution >= 0.6 is 0 Å². The number of nitriles is 1. The average Bonchev–Trinajstić information content (AvgIpc) is 2.88. The molecule has 0 saturated carbocycles. The first-order valence-electron chi connectivity index (χ1n) is 11.9. The summed E-state index contributed by atoms with van der Waals surface area (Å²) in [7, 11) is 0. The summed E-state index contributed by atoms with van der Waals surface area (Å²) in [6.07, 6.45) is 4.60. The monoisotopic (exact) mass is 460 g/mol. The molecule has 2 aromatic heterocycles. The zero-order valence-electron chi connectivity index (χ0n) is 19.7. The second kappa shape index (κ2) is 9.12. The molecule has 0 aliphatic carbocycles. The molecule has 4 aromatic rings. The number of hydrogen-bond donors (Lipinski definition) is 0. The van der Waals surface area contributed by atoms with Crippen LogP contribution in [0, 0.1) is 23.2 Å². The number of benzene rings is 2. The van der Waals surface area contributed by atoms with Gasteiger partial charge in [-0.3, -0.25) is 4.79 Å². The number of allylic oxidation sites excluding steroid dienone is 1. The van der Waals surface area contributed by atoms with Gasteiger partial charge in [-0.1, -0.05) is 56.4 Å². The van der Waals surface area contributed by atoms with Crippen molar-refractivity contribution >= 4 is 22.1 Å². The first kappa shape index (κ1) is 22.4. The van der Waals surface area contributed by atoms with E-state index in [4.69, 9.17) is 14.1 Å². The fraction of sp³-hybridized carbons (Fsp3) is 0.233. The van der Waals surface area contributed by atoms with Crippen LogP contribution in [0.15, 0.2) is 75.5 Å². The van der Waals surface area contributed by atoms with E-state index in [1.54, 1.807) is 24.3 Å². The molecule has 0 radical (unpaired) electrons. The van der Waals surface area contributed by atoms with Gasteiger partial charge in [0.05, 0.1) is 28.1 Å². The highest BCUT2D eigenvalue weighted by Crippen LogP contribution is 2.50. The Labute approximate surface area is 203 Å². The van der Waals surface area contributed by atoms with Crippen molar-refractivity contribution in [1.29, 1.82) is 5.26 Å². The van der Waals surface area contributed by atoms with Crippen LogP contribution in [-0.2, 0) is 5.60 Å². The molecule has 5 nitrogen and oxygen atoms in total. The van der Waals surface area contributed by atoms with Gasteiger partial charge in [-0.15, -0.1) is 0 Å². The van der Waals surface area contributed by atoms with E-state index in [9.17, 15) is 10.1 Å². The number of fused-ring (bicyclic) bond motifs is 5. The van der Waals surface area contributed by atoms with Gasteiger partial charge in [0.2, 0.25) is 11.1 Å². The third-order valence-corrected chi connectivity index (χ3v) is 6.28. The molecule has 0 N–H and O–H groups in total. The molecule has 5 rings (SSSR count). The lowest BCUT2D eigenvalue weighted by Gasteiger charge is -2.39. The minimum absolute atomic E-state index is 0.161. The Hall–Kier alpha value is -4.35. The van der Waals surface area contributed by atoms with Gasteiger partial charge >= 0.3 is 0 Å². The van der Waals surface area contributed by atoms with Gasteiger partial charge in [-0.25, -0.2) is 4.98 Å². The van der Waals surface area contributed by atoms with Crippen LogP contribution in [0.25, 0.3) is 33.3 Å². The molecule has 2 aromatic carbocycles. The van der Waals surface area contributed by atoms with Gasteiger partial charge in [0.1, 0.15) is 11.3 Å². The molecule has 0 amide bonds. The third-order valence-electron chi connectivity index (χ3n) is 6.28. The van der Waals surface area contributed by atoms with E-state index in [2.05, 4.69) is 24.8 Å². The topological polar surface area (TPSA) is 76.1 Å². The highest BCUT2D eigenvalue weighted by molar-refractivity contribution is 5.91. The fourth-order valence-corrected chi connectivity index (χ4v) is 4.67. The number of para-hydroxylation sites is 2. The number of nitrogens with zero attached hydrogens (tertiary/aromatic N) is 2. The molecule has 3 heterocycles. The van der Waals surface area contributed by atoms with E-state index in [-0.39, 0.29) is 11.1 Å². The van der Waals surface area contributed by atoms with E-state index < -0.39 is 5.60 Å². The van der Waals surface area contributed by atoms with Gasteiger partial charge in [-0.2, -0.15) is 5.26 Å². The van der Waals surface area contributed by atoms with Crippen molar-refractivity contribution < 1.29 is 9.15 Å². The molecule has 35 heavy (non-hydrogen) atoms. The Morgan fingerprint density at radius 3 is 2.69 bits per heavy atom. The third kappa shape index (κ3) is 3.66. The maximum Gasteiger partial charge on any atom is 0.231 e. The predicted octanol–water partition coefficient (Wildman–Crippen LogP) is 6.65. The average molecular weight is 461 g/mol. The lowest BCUT2D eigenvalue weighted by Crippen LogP contribution is -2.38. The van der Waals surface area contributed by atoms with Crippen molar-refractivity contribution in [2.75, 3.05) is 0 Å². The Morgan fingerprint density at radius 2 is 1.89 bits per heavy atom. The fourth-order valence-electron chi connectivity index (χ4n) is 4.67. The minimum Gasteiger partial charge on any atom is -0.476 e. The SMILES string of the molecule is CCCC#C/C=C(\C#N)C1(CCC)Oc2ccccc2-c2nc3oc4ccccc4c(=O)c3cc21. The van der Waals surface area contributed by atoms with E-state index in [1.165, 1.54) is 0 Å². The smallest absolute Gasteiger partial charge is 0.231 e. The maximum absolute atomic E-state index is 13.4. The molecule has 172 valence electrons. The van der Waals surface area contributed by atoms with Crippen LogP contribution in [0.1, 0.15) is 45.1 Å². The summed E-state index contributed by atoms with van der Waals surface area (Å²) in [6, 6.07) is 18.9. The van der Waals surface area contributed by atoms with Crippen LogP contribution in [0.2, 0.25) is 0 Å². The van der Waals surface area contributed by atoms with Crippen LogP contribution in [0.4, 0.5) is 0 Å². The van der Waals surface area contributed by atoms with Crippen molar-refractivity contribution in [3.05, 3.63) is 82.0 Å². The summed E-state index contributed by atoms with van der Waals surface area (Å²) in [4.78, 5) is 18.3. The zero-order valence-corrected chi connectivity index (χ0v) is 19.7. The number of ether oxygens (including phenoxy) is 1. The summed E-state index contributed by atoms with van der Waals surface area (Å²) < 4.78 is 12.7. The molecule has 1 atom stereocenters. The Morgan fingerprint density at radius 1 is 1.09 bits per heavy atom. The number of unbranched alkanes of at least 4 members (excludes halogenated alkanes) is 1. The molecule has 1 aliphatic rings. The Bertz CT molecular complexity index is 1650. The lowest BCUT2D eigenvalue weighted by molar-refractivity contribution is 0.0962. The molecule has 1 aliphatic heterocycles. The summed E-state index contributed by atoms with van der Waals surface area (Å²) in [6.45, 7) is 4.10. The van der Waals surface area contributed by atoms with Crippen LogP contribution in [0.3, 0.4) is 0 Å². The normalized spacial score (nSPS) is 16.5. The van der Waals surface area contributed by atoms with E-state index in [0.29, 0.717) is 45.4 Å². The largest absolute Gasteiger partial charge is 0.476 e. The summed E-state index contributed by atoms with van der Waals surface area (Å²) in [5, 5.41) is 11.1.